The van der Waals surface area contributed by atoms with Crippen LogP contribution in [-0.4, -0.2) is 34.2 Å². The number of hydrogen-bond acceptors (Lipinski definition) is 5. The van der Waals surface area contributed by atoms with Crippen molar-refractivity contribution in [3.8, 4) is 11.1 Å². The van der Waals surface area contributed by atoms with Crippen LogP contribution in [0.1, 0.15) is 72.8 Å². The number of carbonyl (C=O) groups is 2. The zero-order chi connectivity index (χ0) is 24.9. The summed E-state index contributed by atoms with van der Waals surface area (Å²) in [5, 5.41) is 0.154. The van der Waals surface area contributed by atoms with Crippen LogP contribution in [0, 0.1) is 0 Å². The van der Waals surface area contributed by atoms with Gasteiger partial charge in [-0.3, -0.25) is 0 Å². The zero-order valence-electron chi connectivity index (χ0n) is 20.4. The van der Waals surface area contributed by atoms with Crippen molar-refractivity contribution >= 4 is 23.5 Å². The molecule has 34 heavy (non-hydrogen) atoms. The fraction of sp³-hybridized carbons (Fsp3) is 0.370. The number of aryl methyl sites for hydroxylation is 1. The molecule has 0 bridgehead atoms. The summed E-state index contributed by atoms with van der Waals surface area (Å²) in [7, 11) is 1.33. The number of benzene rings is 2. The first-order valence-electron chi connectivity index (χ1n) is 11.4. The number of aromatic nitrogens is 2. The number of carbonyl (C=O) groups excluding carboxylic acids is 2. The Morgan fingerprint density at radius 1 is 1.03 bits per heavy atom. The van der Waals surface area contributed by atoms with E-state index in [1.54, 1.807) is 6.07 Å². The van der Waals surface area contributed by atoms with Crippen LogP contribution < -0.4 is 0 Å². The second-order valence-corrected chi connectivity index (χ2v) is 9.45. The summed E-state index contributed by atoms with van der Waals surface area (Å²) in [6.07, 6.45) is 2.66. The lowest BCUT2D eigenvalue weighted by Gasteiger charge is -2.20. The number of esters is 2. The maximum Gasteiger partial charge on any atom is 0.357 e. The van der Waals surface area contributed by atoms with Gasteiger partial charge in [0.15, 0.2) is 10.8 Å². The van der Waals surface area contributed by atoms with Crippen molar-refractivity contribution in [1.29, 1.82) is 0 Å². The standard InChI is InChI=1S/C27H31ClN2O4/c1-6-7-12-22-29-24(28)23(26(32)33-5)30(22)17-18-13-15-19(16-14-18)20-10-8-9-11-21(20)25(31)34-27(2,3)4/h8-11,13-16H,6-7,12,17H2,1-5H3. The van der Waals surface area contributed by atoms with Gasteiger partial charge in [-0.2, -0.15) is 0 Å². The first-order chi connectivity index (χ1) is 16.1. The van der Waals surface area contributed by atoms with Gasteiger partial charge in [0.1, 0.15) is 11.4 Å². The zero-order valence-corrected chi connectivity index (χ0v) is 21.1. The first kappa shape index (κ1) is 25.5. The number of methoxy groups -OCH3 is 1. The van der Waals surface area contributed by atoms with Crippen LogP contribution in [0.3, 0.4) is 0 Å². The lowest BCUT2D eigenvalue weighted by molar-refractivity contribution is 0.00702. The minimum atomic E-state index is -0.576. The van der Waals surface area contributed by atoms with Crippen molar-refractivity contribution in [3.63, 3.8) is 0 Å². The Bertz CT molecular complexity index is 1160. The van der Waals surface area contributed by atoms with E-state index in [1.807, 2.05) is 67.8 Å². The van der Waals surface area contributed by atoms with E-state index in [0.29, 0.717) is 18.5 Å². The number of imidazole rings is 1. The lowest BCUT2D eigenvalue weighted by atomic mass is 9.98. The molecule has 3 rings (SSSR count). The molecular weight excluding hydrogens is 452 g/mol. The van der Waals surface area contributed by atoms with E-state index < -0.39 is 11.6 Å². The van der Waals surface area contributed by atoms with E-state index in [9.17, 15) is 9.59 Å². The molecule has 0 N–H and O–H groups in total. The fourth-order valence-electron chi connectivity index (χ4n) is 3.67. The average molecular weight is 483 g/mol. The molecule has 180 valence electrons. The van der Waals surface area contributed by atoms with Crippen molar-refractivity contribution in [3.05, 3.63) is 76.3 Å². The SMILES string of the molecule is CCCCc1nc(Cl)c(C(=O)OC)n1Cc1ccc(-c2ccccc2C(=O)OC(C)(C)C)cc1. The van der Waals surface area contributed by atoms with E-state index in [1.165, 1.54) is 7.11 Å². The van der Waals surface area contributed by atoms with Gasteiger partial charge in [-0.1, -0.05) is 67.4 Å². The Hall–Kier alpha value is -3.12. The van der Waals surface area contributed by atoms with Gasteiger partial charge in [0.05, 0.1) is 12.7 Å². The van der Waals surface area contributed by atoms with E-state index >= 15 is 0 Å². The highest BCUT2D eigenvalue weighted by Crippen LogP contribution is 2.27. The molecule has 0 aliphatic heterocycles. The summed E-state index contributed by atoms with van der Waals surface area (Å²) in [4.78, 5) is 29.5. The smallest absolute Gasteiger partial charge is 0.357 e. The molecule has 0 saturated carbocycles. The third kappa shape index (κ3) is 6.06. The third-order valence-electron chi connectivity index (χ3n) is 5.29. The minimum absolute atomic E-state index is 0.154. The Morgan fingerprint density at radius 2 is 1.71 bits per heavy atom. The second kappa shape index (κ2) is 10.9. The maximum atomic E-state index is 12.7. The molecule has 0 unspecified atom stereocenters. The highest BCUT2D eigenvalue weighted by molar-refractivity contribution is 6.32. The molecule has 0 amide bonds. The normalized spacial score (nSPS) is 11.4. The Kier molecular flexibility index (Phi) is 8.15. The predicted molar refractivity (Wildman–Crippen MR) is 133 cm³/mol. The minimum Gasteiger partial charge on any atom is -0.464 e. The second-order valence-electron chi connectivity index (χ2n) is 9.09. The highest BCUT2D eigenvalue weighted by atomic mass is 35.5. The van der Waals surface area contributed by atoms with Crippen molar-refractivity contribution < 1.29 is 19.1 Å². The van der Waals surface area contributed by atoms with Crippen LogP contribution in [0.4, 0.5) is 0 Å². The van der Waals surface area contributed by atoms with E-state index in [2.05, 4.69) is 11.9 Å². The third-order valence-corrected chi connectivity index (χ3v) is 5.55. The van der Waals surface area contributed by atoms with E-state index in [4.69, 9.17) is 21.1 Å². The summed E-state index contributed by atoms with van der Waals surface area (Å²) in [5.74, 6) is -0.113. The predicted octanol–water partition coefficient (Wildman–Crippen LogP) is 6.34. The Morgan fingerprint density at radius 3 is 2.32 bits per heavy atom. The first-order valence-corrected chi connectivity index (χ1v) is 11.8. The van der Waals surface area contributed by atoms with Crippen LogP contribution in [-0.2, 0) is 22.4 Å². The lowest BCUT2D eigenvalue weighted by Crippen LogP contribution is -2.24. The molecule has 0 atom stereocenters. The highest BCUT2D eigenvalue weighted by Gasteiger charge is 2.23. The Labute approximate surface area is 205 Å². The molecule has 1 aromatic heterocycles. The molecule has 0 saturated heterocycles. The molecule has 0 fully saturated rings. The van der Waals surface area contributed by atoms with Gasteiger partial charge in [0.2, 0.25) is 0 Å². The molecule has 6 nitrogen and oxygen atoms in total. The monoisotopic (exact) mass is 482 g/mol. The number of halogens is 1. The van der Waals surface area contributed by atoms with Gasteiger partial charge in [-0.25, -0.2) is 14.6 Å². The molecule has 7 heteroatoms. The molecule has 0 spiro atoms. The molecule has 3 aromatic rings. The van der Waals surface area contributed by atoms with Crippen LogP contribution >= 0.6 is 11.6 Å². The van der Waals surface area contributed by atoms with Crippen molar-refractivity contribution in [2.75, 3.05) is 7.11 Å². The van der Waals surface area contributed by atoms with Crippen molar-refractivity contribution in [1.82, 2.24) is 9.55 Å². The number of nitrogens with zero attached hydrogens (tertiary/aromatic N) is 2. The van der Waals surface area contributed by atoms with Gasteiger partial charge in [-0.05, 0) is 49.9 Å². The van der Waals surface area contributed by atoms with Crippen LogP contribution in [0.15, 0.2) is 48.5 Å². The van der Waals surface area contributed by atoms with Gasteiger partial charge in [-0.15, -0.1) is 0 Å². The van der Waals surface area contributed by atoms with Gasteiger partial charge in [0.25, 0.3) is 0 Å². The van der Waals surface area contributed by atoms with Crippen LogP contribution in [0.25, 0.3) is 11.1 Å². The summed E-state index contributed by atoms with van der Waals surface area (Å²) >= 11 is 6.29. The van der Waals surface area contributed by atoms with Gasteiger partial charge in [0, 0.05) is 13.0 Å². The number of unbranched alkanes of at least 4 members (excludes halogenated alkanes) is 1. The topological polar surface area (TPSA) is 70.4 Å². The van der Waals surface area contributed by atoms with Crippen molar-refractivity contribution in [2.45, 2.75) is 59.1 Å². The molecular formula is C27H31ClN2O4. The van der Waals surface area contributed by atoms with E-state index in [0.717, 1.165) is 35.4 Å². The summed E-state index contributed by atoms with van der Waals surface area (Å²) in [5.41, 5.74) is 2.86. The molecule has 2 aromatic carbocycles. The van der Waals surface area contributed by atoms with E-state index in [-0.39, 0.29) is 16.8 Å². The van der Waals surface area contributed by atoms with Gasteiger partial charge >= 0.3 is 11.9 Å². The maximum absolute atomic E-state index is 12.7. The summed E-state index contributed by atoms with van der Waals surface area (Å²) < 4.78 is 12.3. The van der Waals surface area contributed by atoms with Gasteiger partial charge < -0.3 is 14.0 Å². The number of hydrogen-bond donors (Lipinski definition) is 0. The number of rotatable bonds is 8. The fourth-order valence-corrected chi connectivity index (χ4v) is 3.95. The molecule has 0 aliphatic carbocycles. The molecule has 1 heterocycles. The van der Waals surface area contributed by atoms with Crippen molar-refractivity contribution in [2.24, 2.45) is 0 Å². The average Bonchev–Trinajstić information content (AvgIpc) is 3.11. The molecule has 0 aliphatic rings. The quantitative estimate of drug-likeness (QED) is 0.350. The van der Waals surface area contributed by atoms with Crippen LogP contribution in [0.2, 0.25) is 5.15 Å². The Balaban J connectivity index is 1.91. The molecule has 0 radical (unpaired) electrons. The van der Waals surface area contributed by atoms with Crippen LogP contribution in [0.5, 0.6) is 0 Å². The summed E-state index contributed by atoms with van der Waals surface area (Å²) in [6.45, 7) is 8.08. The number of ether oxygens (including phenoxy) is 2. The largest absolute Gasteiger partial charge is 0.464 e. The summed E-state index contributed by atoms with van der Waals surface area (Å²) in [6, 6.07) is 15.3.